The minimum absolute atomic E-state index is 0.198. The first-order valence-corrected chi connectivity index (χ1v) is 6.94. The van der Waals surface area contributed by atoms with Crippen molar-refractivity contribution < 1.29 is 4.39 Å². The Labute approximate surface area is 123 Å². The third-order valence-corrected chi connectivity index (χ3v) is 3.73. The number of hydrogen-bond acceptors (Lipinski definition) is 5. The van der Waals surface area contributed by atoms with E-state index in [0.717, 1.165) is 37.6 Å². The lowest BCUT2D eigenvalue weighted by molar-refractivity contribution is 0.625. The highest BCUT2D eigenvalue weighted by Gasteiger charge is 2.17. The van der Waals surface area contributed by atoms with Crippen LogP contribution >= 0.6 is 0 Å². The molecule has 0 bridgehead atoms. The highest BCUT2D eigenvalue weighted by molar-refractivity contribution is 5.55. The molecule has 1 aromatic carbocycles. The normalized spacial score (nSPS) is 15.1. The van der Waals surface area contributed by atoms with Crippen LogP contribution in [0.5, 0.6) is 0 Å². The van der Waals surface area contributed by atoms with E-state index in [-0.39, 0.29) is 5.82 Å². The summed E-state index contributed by atoms with van der Waals surface area (Å²) in [5, 5.41) is 0. The molecular formula is C15H18FN5. The first-order valence-electron chi connectivity index (χ1n) is 6.94. The van der Waals surface area contributed by atoms with E-state index < -0.39 is 0 Å². The number of nitrogens with one attached hydrogen (secondary N) is 1. The zero-order valence-electron chi connectivity index (χ0n) is 11.7. The molecule has 6 heteroatoms. The molecule has 0 spiro atoms. The van der Waals surface area contributed by atoms with Gasteiger partial charge in [0, 0.05) is 49.8 Å². The Morgan fingerprint density at radius 2 is 1.57 bits per heavy atom. The molecule has 1 saturated heterocycles. The fourth-order valence-corrected chi connectivity index (χ4v) is 2.57. The number of rotatable bonds is 3. The van der Waals surface area contributed by atoms with Crippen LogP contribution in [0.1, 0.15) is 0 Å². The second-order valence-electron chi connectivity index (χ2n) is 4.99. The summed E-state index contributed by atoms with van der Waals surface area (Å²) >= 11 is 0. The molecule has 110 valence electrons. The summed E-state index contributed by atoms with van der Waals surface area (Å²) in [5.41, 5.74) is 4.74. The van der Waals surface area contributed by atoms with E-state index in [0.29, 0.717) is 5.82 Å². The maximum absolute atomic E-state index is 13.0. The molecule has 0 amide bonds. The van der Waals surface area contributed by atoms with Gasteiger partial charge in [-0.2, -0.15) is 0 Å². The second-order valence-corrected chi connectivity index (χ2v) is 4.99. The summed E-state index contributed by atoms with van der Waals surface area (Å²) in [7, 11) is 0. The van der Waals surface area contributed by atoms with Crippen LogP contribution in [-0.4, -0.2) is 31.2 Å². The van der Waals surface area contributed by atoms with E-state index in [1.165, 1.54) is 12.1 Å². The van der Waals surface area contributed by atoms with Gasteiger partial charge in [-0.3, -0.25) is 0 Å². The first kappa shape index (κ1) is 13.6. The zero-order chi connectivity index (χ0) is 14.7. The molecular weight excluding hydrogens is 269 g/mol. The van der Waals surface area contributed by atoms with Crippen LogP contribution in [0, 0.1) is 5.82 Å². The fraction of sp³-hybridized carbons (Fsp3) is 0.267. The topological polar surface area (TPSA) is 57.4 Å². The number of anilines is 3. The average Bonchev–Trinajstić information content (AvgIpc) is 2.56. The van der Waals surface area contributed by atoms with Gasteiger partial charge in [0.05, 0.1) is 0 Å². The maximum atomic E-state index is 13.0. The van der Waals surface area contributed by atoms with Gasteiger partial charge in [0.25, 0.3) is 0 Å². The van der Waals surface area contributed by atoms with Gasteiger partial charge in [0.1, 0.15) is 11.6 Å². The van der Waals surface area contributed by atoms with Crippen molar-refractivity contribution in [3.8, 4) is 0 Å². The molecule has 0 saturated carbocycles. The molecule has 1 aliphatic heterocycles. The van der Waals surface area contributed by atoms with Crippen molar-refractivity contribution in [1.82, 2.24) is 4.98 Å². The molecule has 3 N–H and O–H groups in total. The number of pyridine rings is 1. The molecule has 1 fully saturated rings. The molecule has 0 aliphatic carbocycles. The molecule has 5 nitrogen and oxygen atoms in total. The summed E-state index contributed by atoms with van der Waals surface area (Å²) < 4.78 is 13.0. The number of nitrogens with zero attached hydrogens (tertiary/aromatic N) is 3. The van der Waals surface area contributed by atoms with Gasteiger partial charge in [-0.25, -0.2) is 15.2 Å². The minimum atomic E-state index is -0.198. The van der Waals surface area contributed by atoms with E-state index in [1.54, 1.807) is 6.20 Å². The van der Waals surface area contributed by atoms with Gasteiger partial charge in [-0.1, -0.05) is 0 Å². The number of nitrogen functional groups attached to an aromatic ring is 1. The lowest BCUT2D eigenvalue weighted by Gasteiger charge is -2.37. The highest BCUT2D eigenvalue weighted by atomic mass is 19.1. The van der Waals surface area contributed by atoms with Crippen LogP contribution in [-0.2, 0) is 0 Å². The van der Waals surface area contributed by atoms with Gasteiger partial charge in [0.15, 0.2) is 0 Å². The zero-order valence-corrected chi connectivity index (χ0v) is 11.7. The average molecular weight is 287 g/mol. The maximum Gasteiger partial charge on any atom is 0.141 e. The van der Waals surface area contributed by atoms with Crippen LogP contribution in [0.4, 0.5) is 21.6 Å². The minimum Gasteiger partial charge on any atom is -0.368 e. The third kappa shape index (κ3) is 3.05. The number of halogens is 1. The third-order valence-electron chi connectivity index (χ3n) is 3.73. The van der Waals surface area contributed by atoms with Crippen LogP contribution in [0.15, 0.2) is 42.6 Å². The molecule has 0 atom stereocenters. The summed E-state index contributed by atoms with van der Waals surface area (Å²) in [5.74, 6) is 5.85. The highest BCUT2D eigenvalue weighted by Crippen LogP contribution is 2.21. The largest absolute Gasteiger partial charge is 0.368 e. The van der Waals surface area contributed by atoms with E-state index >= 15 is 0 Å². The van der Waals surface area contributed by atoms with Crippen LogP contribution in [0.25, 0.3) is 0 Å². The predicted molar refractivity (Wildman–Crippen MR) is 82.9 cm³/mol. The Bertz CT molecular complexity index is 593. The number of hydrogen-bond donors (Lipinski definition) is 2. The second kappa shape index (κ2) is 5.97. The lowest BCUT2D eigenvalue weighted by Crippen LogP contribution is -2.46. The van der Waals surface area contributed by atoms with E-state index in [1.807, 2.05) is 24.3 Å². The summed E-state index contributed by atoms with van der Waals surface area (Å²) in [6.45, 7) is 3.62. The molecule has 0 unspecified atom stereocenters. The molecule has 0 radical (unpaired) electrons. The summed E-state index contributed by atoms with van der Waals surface area (Å²) in [6.07, 6.45) is 1.75. The fourth-order valence-electron chi connectivity index (χ4n) is 2.57. The van der Waals surface area contributed by atoms with Crippen LogP contribution in [0.3, 0.4) is 0 Å². The standard InChI is InChI=1S/C15H18FN5/c16-12-1-3-13(4-2-12)20-7-9-21(10-8-20)14-5-6-18-15(11-14)19-17/h1-6,11H,7-10,17H2,(H,18,19). The van der Waals surface area contributed by atoms with Gasteiger partial charge in [-0.15, -0.1) is 0 Å². The smallest absolute Gasteiger partial charge is 0.141 e. The molecule has 2 heterocycles. The number of benzene rings is 1. The van der Waals surface area contributed by atoms with Crippen molar-refractivity contribution in [3.05, 3.63) is 48.4 Å². The molecule has 1 aliphatic rings. The first-order chi connectivity index (χ1) is 10.3. The van der Waals surface area contributed by atoms with Crippen molar-refractivity contribution in [1.29, 1.82) is 0 Å². The van der Waals surface area contributed by atoms with Gasteiger partial charge in [-0.05, 0) is 30.3 Å². The quantitative estimate of drug-likeness (QED) is 0.666. The molecule has 2 aromatic rings. The van der Waals surface area contributed by atoms with Gasteiger partial charge < -0.3 is 15.2 Å². The Hall–Kier alpha value is -2.34. The molecule has 3 rings (SSSR count). The number of hydrazine groups is 1. The number of nitrogens with two attached hydrogens (primary N) is 1. The Balaban J connectivity index is 1.65. The van der Waals surface area contributed by atoms with Crippen molar-refractivity contribution in [2.24, 2.45) is 5.84 Å². The number of aromatic nitrogens is 1. The van der Waals surface area contributed by atoms with Crippen molar-refractivity contribution in [3.63, 3.8) is 0 Å². The van der Waals surface area contributed by atoms with E-state index in [4.69, 9.17) is 5.84 Å². The van der Waals surface area contributed by atoms with E-state index in [2.05, 4.69) is 20.2 Å². The SMILES string of the molecule is NNc1cc(N2CCN(c3ccc(F)cc3)CC2)ccn1. The number of piperazine rings is 1. The van der Waals surface area contributed by atoms with Crippen molar-refractivity contribution in [2.75, 3.05) is 41.4 Å². The molecule has 21 heavy (non-hydrogen) atoms. The van der Waals surface area contributed by atoms with Gasteiger partial charge >= 0.3 is 0 Å². The van der Waals surface area contributed by atoms with Crippen LogP contribution < -0.4 is 21.1 Å². The Morgan fingerprint density at radius 3 is 2.19 bits per heavy atom. The molecule has 1 aromatic heterocycles. The monoisotopic (exact) mass is 287 g/mol. The lowest BCUT2D eigenvalue weighted by atomic mass is 10.2. The van der Waals surface area contributed by atoms with Gasteiger partial charge in [0.2, 0.25) is 0 Å². The summed E-state index contributed by atoms with van der Waals surface area (Å²) in [4.78, 5) is 8.67. The van der Waals surface area contributed by atoms with Crippen LogP contribution in [0.2, 0.25) is 0 Å². The predicted octanol–water partition coefficient (Wildman–Crippen LogP) is 1.83. The van der Waals surface area contributed by atoms with E-state index in [9.17, 15) is 4.39 Å². The Kier molecular flexibility index (Phi) is 3.87. The van der Waals surface area contributed by atoms with Crippen molar-refractivity contribution >= 4 is 17.2 Å². The summed E-state index contributed by atoms with van der Waals surface area (Å²) in [6, 6.07) is 10.6. The Morgan fingerprint density at radius 1 is 0.952 bits per heavy atom. The van der Waals surface area contributed by atoms with Crippen molar-refractivity contribution in [2.45, 2.75) is 0 Å².